The number of hydrogen-bond acceptors (Lipinski definition) is 4. The normalized spacial score (nSPS) is 11.7. The minimum atomic E-state index is -5.00. The number of phenols is 1. The molecule has 0 atom stereocenters. The summed E-state index contributed by atoms with van der Waals surface area (Å²) in [6.45, 7) is 11.8. The average Bonchev–Trinajstić information content (AvgIpc) is 2.73. The van der Waals surface area contributed by atoms with Gasteiger partial charge >= 0.3 is 6.18 Å². The maximum atomic E-state index is 14.0. The third-order valence-corrected chi connectivity index (χ3v) is 5.20. The number of halogens is 3. The molecule has 1 aromatic heterocycles. The molecule has 1 heterocycles. The number of aromatic hydroxyl groups is 1. The van der Waals surface area contributed by atoms with Crippen molar-refractivity contribution in [1.82, 2.24) is 0 Å². The van der Waals surface area contributed by atoms with Gasteiger partial charge in [-0.05, 0) is 55.3 Å². The molecule has 0 aliphatic rings. The van der Waals surface area contributed by atoms with Crippen LogP contribution in [0.15, 0.2) is 64.9 Å². The Morgan fingerprint density at radius 2 is 1.79 bits per heavy atom. The Kier molecular flexibility index (Phi) is 6.98. The molecule has 2 aromatic carbocycles. The van der Waals surface area contributed by atoms with Crippen molar-refractivity contribution in [2.24, 2.45) is 0 Å². The largest absolute Gasteiger partial charge is 0.507 e. The van der Waals surface area contributed by atoms with Crippen LogP contribution in [0, 0.1) is 13.8 Å². The molecule has 3 aromatic rings. The van der Waals surface area contributed by atoms with Crippen LogP contribution in [0.25, 0.3) is 11.0 Å². The summed E-state index contributed by atoms with van der Waals surface area (Å²) in [7, 11) is 0. The predicted octanol–water partition coefficient (Wildman–Crippen LogP) is 4.68. The topological polar surface area (TPSA) is 64.1 Å². The van der Waals surface area contributed by atoms with Gasteiger partial charge in [0, 0.05) is 0 Å². The van der Waals surface area contributed by atoms with Crippen molar-refractivity contribution < 1.29 is 32.3 Å². The van der Waals surface area contributed by atoms with Crippen LogP contribution in [0.1, 0.15) is 22.5 Å². The van der Waals surface area contributed by atoms with E-state index in [1.807, 2.05) is 0 Å². The minimum Gasteiger partial charge on any atom is -0.507 e. The van der Waals surface area contributed by atoms with Crippen LogP contribution in [0.4, 0.5) is 13.2 Å². The van der Waals surface area contributed by atoms with Crippen molar-refractivity contribution in [2.75, 3.05) is 13.1 Å². The second-order valence-electron chi connectivity index (χ2n) is 7.81. The smallest absolute Gasteiger partial charge is 0.453 e. The number of fused-ring (bicyclic) bond motifs is 1. The number of ether oxygens (including phenoxy) is 1. The number of benzene rings is 2. The van der Waals surface area contributed by atoms with E-state index in [-0.39, 0.29) is 34.6 Å². The fourth-order valence-corrected chi connectivity index (χ4v) is 3.55. The summed E-state index contributed by atoms with van der Waals surface area (Å²) < 4.78 is 52.7. The Bertz CT molecular complexity index is 1250. The van der Waals surface area contributed by atoms with Gasteiger partial charge in [0.05, 0.1) is 24.0 Å². The van der Waals surface area contributed by atoms with Crippen LogP contribution in [-0.4, -0.2) is 18.2 Å². The zero-order valence-corrected chi connectivity index (χ0v) is 18.4. The Morgan fingerprint density at radius 3 is 2.39 bits per heavy atom. The van der Waals surface area contributed by atoms with E-state index in [1.165, 1.54) is 12.1 Å². The van der Waals surface area contributed by atoms with Crippen LogP contribution >= 0.6 is 0 Å². The molecular formula is C25H25F3NO4+. The number of aryl methyl sites for hydroxylation is 2. The maximum Gasteiger partial charge on any atom is 0.453 e. The summed E-state index contributed by atoms with van der Waals surface area (Å²) in [4.78, 5) is 14.0. The lowest BCUT2D eigenvalue weighted by Crippen LogP contribution is -3.10. The standard InChI is InChI=1S/C25H24F3NO4/c1-5-11-29(12-6-2)14-18-19(30)10-9-17-21(31)23(24(25(26,27)28)33-22(17)18)32-20-13-15(3)7-8-16(20)4/h5-10,13,30H,1-2,11-12,14H2,3-4H3/p+1. The Labute approximate surface area is 189 Å². The van der Waals surface area contributed by atoms with Crippen molar-refractivity contribution in [3.8, 4) is 17.2 Å². The van der Waals surface area contributed by atoms with E-state index in [1.54, 1.807) is 44.2 Å². The van der Waals surface area contributed by atoms with Crippen LogP contribution in [0.3, 0.4) is 0 Å². The molecular weight excluding hydrogens is 435 g/mol. The van der Waals surface area contributed by atoms with E-state index < -0.39 is 23.1 Å². The van der Waals surface area contributed by atoms with E-state index in [9.17, 15) is 23.1 Å². The van der Waals surface area contributed by atoms with Gasteiger partial charge in [0.1, 0.15) is 18.0 Å². The summed E-state index contributed by atoms with van der Waals surface area (Å²) in [5.41, 5.74) is 0.111. The molecule has 3 rings (SSSR count). The first-order valence-electron chi connectivity index (χ1n) is 10.3. The lowest BCUT2D eigenvalue weighted by atomic mass is 10.1. The Morgan fingerprint density at radius 1 is 1.12 bits per heavy atom. The van der Waals surface area contributed by atoms with Gasteiger partial charge in [0.15, 0.2) is 5.58 Å². The third-order valence-electron chi connectivity index (χ3n) is 5.20. The van der Waals surface area contributed by atoms with Gasteiger partial charge in [0.2, 0.25) is 11.2 Å². The molecule has 0 bridgehead atoms. The summed E-state index contributed by atoms with van der Waals surface area (Å²) in [5, 5.41) is 10.3. The summed E-state index contributed by atoms with van der Waals surface area (Å²) in [5.74, 6) is -2.64. The van der Waals surface area contributed by atoms with Gasteiger partial charge in [-0.15, -0.1) is 0 Å². The molecule has 0 aliphatic heterocycles. The number of phenolic OH excluding ortho intramolecular Hbond substituents is 1. The lowest BCUT2D eigenvalue weighted by molar-refractivity contribution is -0.902. The molecule has 0 amide bonds. The van der Waals surface area contributed by atoms with Gasteiger partial charge < -0.3 is 19.2 Å². The van der Waals surface area contributed by atoms with Gasteiger partial charge in [0.25, 0.3) is 5.76 Å². The summed E-state index contributed by atoms with van der Waals surface area (Å²) in [6, 6.07) is 7.52. The quantitative estimate of drug-likeness (QED) is 0.479. The van der Waals surface area contributed by atoms with E-state index >= 15 is 0 Å². The Balaban J connectivity index is 2.26. The third kappa shape index (κ3) is 5.12. The van der Waals surface area contributed by atoms with E-state index in [0.717, 1.165) is 10.5 Å². The van der Waals surface area contributed by atoms with Gasteiger partial charge in [-0.25, -0.2) is 0 Å². The SMILES string of the molecule is C=CC[NH+](CC=C)Cc1c(O)ccc2c(=O)c(Oc3cc(C)ccc3C)c(C(F)(F)F)oc12. The highest BCUT2D eigenvalue weighted by atomic mass is 19.4. The maximum absolute atomic E-state index is 14.0. The molecule has 0 fully saturated rings. The second kappa shape index (κ2) is 9.54. The van der Waals surface area contributed by atoms with Crippen LogP contribution < -0.4 is 15.1 Å². The molecule has 8 heteroatoms. The molecule has 5 nitrogen and oxygen atoms in total. The average molecular weight is 460 g/mol. The predicted molar refractivity (Wildman–Crippen MR) is 120 cm³/mol. The molecule has 0 aliphatic carbocycles. The number of alkyl halides is 3. The van der Waals surface area contributed by atoms with Crippen LogP contribution in [0.2, 0.25) is 0 Å². The summed E-state index contributed by atoms with van der Waals surface area (Å²) in [6.07, 6.45) is -1.71. The van der Waals surface area contributed by atoms with E-state index in [2.05, 4.69) is 13.2 Å². The molecule has 33 heavy (non-hydrogen) atoms. The van der Waals surface area contributed by atoms with Crippen LogP contribution in [-0.2, 0) is 12.7 Å². The van der Waals surface area contributed by atoms with Crippen molar-refractivity contribution in [3.05, 3.63) is 88.3 Å². The fourth-order valence-electron chi connectivity index (χ4n) is 3.55. The number of hydrogen-bond donors (Lipinski definition) is 2. The van der Waals surface area contributed by atoms with Crippen molar-refractivity contribution >= 4 is 11.0 Å². The highest BCUT2D eigenvalue weighted by Crippen LogP contribution is 2.40. The highest BCUT2D eigenvalue weighted by Gasteiger charge is 2.41. The number of quaternary nitrogens is 1. The van der Waals surface area contributed by atoms with E-state index in [0.29, 0.717) is 18.7 Å². The van der Waals surface area contributed by atoms with Crippen molar-refractivity contribution in [1.29, 1.82) is 0 Å². The zero-order chi connectivity index (χ0) is 24.3. The van der Waals surface area contributed by atoms with Gasteiger partial charge in [-0.1, -0.05) is 25.3 Å². The molecule has 0 radical (unpaired) electrons. The lowest BCUT2D eigenvalue weighted by Gasteiger charge is -2.19. The summed E-state index contributed by atoms with van der Waals surface area (Å²) >= 11 is 0. The zero-order valence-electron chi connectivity index (χ0n) is 18.4. The monoisotopic (exact) mass is 460 g/mol. The van der Waals surface area contributed by atoms with Crippen LogP contribution in [0.5, 0.6) is 17.2 Å². The van der Waals surface area contributed by atoms with E-state index in [4.69, 9.17) is 9.15 Å². The fraction of sp³-hybridized carbons (Fsp3) is 0.240. The first-order chi connectivity index (χ1) is 15.6. The Hall–Kier alpha value is -3.52. The first kappa shape index (κ1) is 24.1. The molecule has 2 N–H and O–H groups in total. The highest BCUT2D eigenvalue weighted by molar-refractivity contribution is 5.83. The molecule has 0 spiro atoms. The second-order valence-corrected chi connectivity index (χ2v) is 7.81. The van der Waals surface area contributed by atoms with Gasteiger partial charge in [-0.3, -0.25) is 4.79 Å². The minimum absolute atomic E-state index is 0.0899. The molecule has 0 saturated heterocycles. The van der Waals surface area contributed by atoms with Crippen molar-refractivity contribution in [2.45, 2.75) is 26.6 Å². The number of rotatable bonds is 8. The molecule has 0 saturated carbocycles. The molecule has 0 unspecified atom stereocenters. The first-order valence-corrected chi connectivity index (χ1v) is 10.3. The van der Waals surface area contributed by atoms with Gasteiger partial charge in [-0.2, -0.15) is 13.2 Å². The van der Waals surface area contributed by atoms with Crippen molar-refractivity contribution in [3.63, 3.8) is 0 Å². The number of nitrogens with one attached hydrogen (secondary N) is 1. The molecule has 174 valence electrons.